The molecule has 0 aliphatic carbocycles. The monoisotopic (exact) mass is 504 g/mol. The third kappa shape index (κ3) is 11.0. The van der Waals surface area contributed by atoms with E-state index in [1.54, 1.807) is 0 Å². The van der Waals surface area contributed by atoms with Crippen molar-refractivity contribution in [2.45, 2.75) is 77.0 Å². The Hall–Kier alpha value is -3.30. The van der Waals surface area contributed by atoms with Crippen molar-refractivity contribution in [3.05, 3.63) is 24.3 Å². The number of amides is 4. The van der Waals surface area contributed by atoms with E-state index >= 15 is 0 Å². The Balaban J connectivity index is 1.31. The molecule has 2 heterocycles. The first-order valence-corrected chi connectivity index (χ1v) is 12.8. The van der Waals surface area contributed by atoms with Crippen LogP contribution in [0, 0.1) is 0 Å². The zero-order valence-electron chi connectivity index (χ0n) is 20.8. The maximum absolute atomic E-state index is 11.8. The molecule has 0 N–H and O–H groups in total. The van der Waals surface area contributed by atoms with Crippen LogP contribution in [0.4, 0.5) is 0 Å². The van der Waals surface area contributed by atoms with Crippen molar-refractivity contribution >= 4 is 35.6 Å². The second-order valence-electron chi connectivity index (χ2n) is 8.80. The average Bonchev–Trinajstić information content (AvgIpc) is 3.35. The van der Waals surface area contributed by atoms with Crippen LogP contribution in [0.25, 0.3) is 0 Å². The van der Waals surface area contributed by atoms with Crippen LogP contribution in [0.15, 0.2) is 24.3 Å². The van der Waals surface area contributed by atoms with Crippen LogP contribution in [-0.4, -0.2) is 71.7 Å². The number of hydrogen-bond donors (Lipinski definition) is 0. The second-order valence-corrected chi connectivity index (χ2v) is 8.80. The smallest absolute Gasteiger partial charge is 0.305 e. The number of hydrogen-bond acceptors (Lipinski definition) is 8. The van der Waals surface area contributed by atoms with Gasteiger partial charge in [0.2, 0.25) is 0 Å². The summed E-state index contributed by atoms with van der Waals surface area (Å²) in [5.41, 5.74) is 0. The first-order valence-electron chi connectivity index (χ1n) is 12.8. The van der Waals surface area contributed by atoms with Gasteiger partial charge < -0.3 is 9.47 Å². The minimum Gasteiger partial charge on any atom is -0.466 e. The summed E-state index contributed by atoms with van der Waals surface area (Å²) in [6.07, 6.45) is 13.1. The van der Waals surface area contributed by atoms with E-state index in [2.05, 4.69) is 0 Å². The number of unbranched alkanes of at least 4 members (excludes halogenated alkanes) is 7. The van der Waals surface area contributed by atoms with Crippen molar-refractivity contribution in [1.82, 2.24) is 9.80 Å². The van der Waals surface area contributed by atoms with Crippen LogP contribution in [0.1, 0.15) is 77.0 Å². The van der Waals surface area contributed by atoms with Gasteiger partial charge in [-0.1, -0.05) is 12.8 Å². The van der Waals surface area contributed by atoms with E-state index in [0.29, 0.717) is 64.8 Å². The van der Waals surface area contributed by atoms with E-state index in [1.807, 2.05) is 0 Å². The lowest BCUT2D eigenvalue weighted by atomic mass is 10.2. The third-order valence-electron chi connectivity index (χ3n) is 5.89. The molecule has 0 unspecified atom stereocenters. The zero-order valence-corrected chi connectivity index (χ0v) is 20.8. The molecule has 0 saturated carbocycles. The summed E-state index contributed by atoms with van der Waals surface area (Å²) in [5.74, 6) is -1.61. The Bertz CT molecular complexity index is 758. The molecule has 2 aliphatic heterocycles. The fourth-order valence-corrected chi connectivity index (χ4v) is 3.81. The van der Waals surface area contributed by atoms with E-state index < -0.39 is 0 Å². The number of nitrogens with zero attached hydrogens (tertiary/aromatic N) is 2. The largest absolute Gasteiger partial charge is 0.466 e. The lowest BCUT2D eigenvalue weighted by Gasteiger charge is -2.13. The SMILES string of the molecule is O=C(CCCCCN1C(=O)C=CC1=O)OCCCCCCOC(=O)CCCCCN1C(=O)C=CC1=O. The highest BCUT2D eigenvalue weighted by molar-refractivity contribution is 6.13. The summed E-state index contributed by atoms with van der Waals surface area (Å²) >= 11 is 0. The minimum absolute atomic E-state index is 0.241. The molecule has 0 aromatic heterocycles. The van der Waals surface area contributed by atoms with Gasteiger partial charge in [0.1, 0.15) is 0 Å². The predicted molar refractivity (Wildman–Crippen MR) is 129 cm³/mol. The Morgan fingerprint density at radius 3 is 1.19 bits per heavy atom. The molecule has 198 valence electrons. The maximum Gasteiger partial charge on any atom is 0.305 e. The number of rotatable bonds is 19. The van der Waals surface area contributed by atoms with Crippen molar-refractivity contribution in [3.63, 3.8) is 0 Å². The van der Waals surface area contributed by atoms with E-state index in [4.69, 9.17) is 9.47 Å². The highest BCUT2D eigenvalue weighted by Crippen LogP contribution is 2.10. The van der Waals surface area contributed by atoms with Gasteiger partial charge in [0.25, 0.3) is 23.6 Å². The van der Waals surface area contributed by atoms with Gasteiger partial charge in [-0.3, -0.25) is 38.6 Å². The molecule has 0 atom stereocenters. The molecule has 0 saturated heterocycles. The number of imide groups is 2. The number of esters is 2. The highest BCUT2D eigenvalue weighted by Gasteiger charge is 2.23. The molecule has 0 bridgehead atoms. The summed E-state index contributed by atoms with van der Waals surface area (Å²) in [4.78, 5) is 71.6. The lowest BCUT2D eigenvalue weighted by molar-refractivity contribution is -0.145. The molecule has 4 amide bonds. The predicted octanol–water partition coefficient (Wildman–Crippen LogP) is 2.60. The number of carbonyl (C=O) groups excluding carboxylic acids is 6. The van der Waals surface area contributed by atoms with Gasteiger partial charge in [-0.25, -0.2) is 0 Å². The minimum atomic E-state index is -0.282. The van der Waals surface area contributed by atoms with Crippen molar-refractivity contribution in [2.24, 2.45) is 0 Å². The third-order valence-corrected chi connectivity index (χ3v) is 5.89. The molecule has 36 heavy (non-hydrogen) atoms. The van der Waals surface area contributed by atoms with Crippen LogP contribution in [0.5, 0.6) is 0 Å². The van der Waals surface area contributed by atoms with Gasteiger partial charge in [0, 0.05) is 50.2 Å². The van der Waals surface area contributed by atoms with E-state index in [1.165, 1.54) is 34.1 Å². The standard InChI is InChI=1S/C26H36N2O8/c29-21-13-14-22(30)27(21)17-7-3-5-11-25(33)35-19-9-1-2-10-20-36-26(34)12-6-4-8-18-28-23(31)15-16-24(28)32/h13-16H,1-12,17-20H2. The van der Waals surface area contributed by atoms with Gasteiger partial charge in [-0.05, 0) is 51.4 Å². The molecule has 10 nitrogen and oxygen atoms in total. The van der Waals surface area contributed by atoms with Crippen molar-refractivity contribution in [1.29, 1.82) is 0 Å². The van der Waals surface area contributed by atoms with Gasteiger partial charge in [0.05, 0.1) is 13.2 Å². The summed E-state index contributed by atoms with van der Waals surface area (Å²) in [7, 11) is 0. The van der Waals surface area contributed by atoms with Gasteiger partial charge in [-0.2, -0.15) is 0 Å². The Morgan fingerprint density at radius 1 is 0.500 bits per heavy atom. The van der Waals surface area contributed by atoms with E-state index in [-0.39, 0.29) is 35.6 Å². The van der Waals surface area contributed by atoms with Crippen LogP contribution in [0.2, 0.25) is 0 Å². The second kappa shape index (κ2) is 16.4. The number of ether oxygens (including phenoxy) is 2. The summed E-state index contributed by atoms with van der Waals surface area (Å²) in [6.45, 7) is 1.48. The van der Waals surface area contributed by atoms with Crippen molar-refractivity contribution in [3.8, 4) is 0 Å². The fraction of sp³-hybridized carbons (Fsp3) is 0.615. The Morgan fingerprint density at radius 2 is 0.833 bits per heavy atom. The lowest BCUT2D eigenvalue weighted by Crippen LogP contribution is -2.30. The maximum atomic E-state index is 11.8. The van der Waals surface area contributed by atoms with E-state index in [0.717, 1.165) is 38.5 Å². The molecule has 0 radical (unpaired) electrons. The first kappa shape index (κ1) is 28.9. The summed E-state index contributed by atoms with van der Waals surface area (Å²) in [5, 5.41) is 0. The zero-order chi connectivity index (χ0) is 26.2. The van der Waals surface area contributed by atoms with Crippen LogP contribution in [0.3, 0.4) is 0 Å². The topological polar surface area (TPSA) is 127 Å². The quantitative estimate of drug-likeness (QED) is 0.149. The normalized spacial score (nSPS) is 14.9. The van der Waals surface area contributed by atoms with Crippen LogP contribution < -0.4 is 0 Å². The molecular weight excluding hydrogens is 468 g/mol. The molecule has 0 aromatic rings. The highest BCUT2D eigenvalue weighted by atomic mass is 16.5. The Labute approximate surface area is 211 Å². The Kier molecular flexibility index (Phi) is 13.2. The van der Waals surface area contributed by atoms with E-state index in [9.17, 15) is 28.8 Å². The summed E-state index contributed by atoms with van der Waals surface area (Å²) in [6, 6.07) is 0. The van der Waals surface area contributed by atoms with Gasteiger partial charge in [0.15, 0.2) is 0 Å². The molecule has 2 rings (SSSR count). The van der Waals surface area contributed by atoms with Crippen molar-refractivity contribution in [2.75, 3.05) is 26.3 Å². The first-order chi connectivity index (χ1) is 17.4. The number of carbonyl (C=O) groups is 6. The van der Waals surface area contributed by atoms with Gasteiger partial charge >= 0.3 is 11.9 Å². The molecular formula is C26H36N2O8. The molecule has 0 fully saturated rings. The molecule has 10 heteroatoms. The summed E-state index contributed by atoms with van der Waals surface area (Å²) < 4.78 is 10.4. The van der Waals surface area contributed by atoms with Gasteiger partial charge in [-0.15, -0.1) is 0 Å². The fourth-order valence-electron chi connectivity index (χ4n) is 3.81. The van der Waals surface area contributed by atoms with Crippen molar-refractivity contribution < 1.29 is 38.2 Å². The molecule has 0 aromatic carbocycles. The molecule has 2 aliphatic rings. The average molecular weight is 505 g/mol. The van der Waals surface area contributed by atoms with Crippen LogP contribution in [-0.2, 0) is 38.2 Å². The van der Waals surface area contributed by atoms with Crippen LogP contribution >= 0.6 is 0 Å². The molecule has 0 spiro atoms.